The third-order valence-electron chi connectivity index (χ3n) is 1.78. The summed E-state index contributed by atoms with van der Waals surface area (Å²) in [6.45, 7) is 1.81. The summed E-state index contributed by atoms with van der Waals surface area (Å²) in [4.78, 5) is 22.0. The normalized spacial score (nSPS) is 12.3. The van der Waals surface area contributed by atoms with E-state index in [1.165, 1.54) is 0 Å². The lowest BCUT2D eigenvalue weighted by Gasteiger charge is -2.15. The average molecular weight is 344 g/mol. The Morgan fingerprint density at radius 3 is 2.62 bits per heavy atom. The maximum absolute atomic E-state index is 11.3. The van der Waals surface area contributed by atoms with Crippen LogP contribution < -0.4 is 9.44 Å². The lowest BCUT2D eigenvalue weighted by Crippen LogP contribution is -2.36. The van der Waals surface area contributed by atoms with E-state index in [1.807, 2.05) is 0 Å². The van der Waals surface area contributed by atoms with Gasteiger partial charge in [-0.15, -0.1) is 4.13 Å². The number of esters is 1. The summed E-state index contributed by atoms with van der Waals surface area (Å²) in [6.07, 6.45) is -1.17. The molecule has 0 aliphatic rings. The van der Waals surface area contributed by atoms with E-state index in [0.717, 1.165) is 6.08 Å². The number of alkyl carbamates (subject to hydrolysis) is 1. The molecule has 0 rings (SSSR count). The van der Waals surface area contributed by atoms with Crippen LogP contribution in [0.3, 0.4) is 0 Å². The Hall–Kier alpha value is -1.34. The fourth-order valence-corrected chi connectivity index (χ4v) is 1.41. The van der Waals surface area contributed by atoms with Crippen molar-refractivity contribution in [2.24, 2.45) is 0 Å². The maximum atomic E-state index is 11.3. The minimum absolute atomic E-state index is 0.0338. The predicted octanol–water partition coefficient (Wildman–Crippen LogP) is -1.50. The van der Waals surface area contributed by atoms with E-state index >= 15 is 0 Å². The van der Waals surface area contributed by atoms with Gasteiger partial charge in [-0.05, 0) is 0 Å². The molecule has 0 bridgehead atoms. The van der Waals surface area contributed by atoms with Crippen LogP contribution in [0.1, 0.15) is 0 Å². The van der Waals surface area contributed by atoms with E-state index in [-0.39, 0.29) is 13.2 Å². The van der Waals surface area contributed by atoms with E-state index < -0.39 is 41.7 Å². The Morgan fingerprint density at radius 2 is 2.10 bits per heavy atom. The first-order chi connectivity index (χ1) is 9.84. The van der Waals surface area contributed by atoms with Crippen molar-refractivity contribution in [3.63, 3.8) is 0 Å². The molecule has 0 aliphatic carbocycles. The van der Waals surface area contributed by atoms with Gasteiger partial charge in [-0.3, -0.25) is 4.18 Å². The molecule has 0 aromatic heterocycles. The molecule has 0 heterocycles. The van der Waals surface area contributed by atoms with E-state index in [1.54, 1.807) is 4.13 Å². The molecule has 3 N–H and O–H groups in total. The maximum Gasteiger partial charge on any atom is 0.407 e. The fraction of sp³-hybridized carbons (Fsp3) is 0.556. The number of rotatable bonds is 10. The number of ether oxygens (including phenoxy) is 2. The molecule has 0 radical (unpaired) electrons. The van der Waals surface area contributed by atoms with Gasteiger partial charge < -0.3 is 19.9 Å². The van der Waals surface area contributed by atoms with Crippen LogP contribution in [-0.4, -0.2) is 58.1 Å². The molecule has 0 saturated carbocycles. The van der Waals surface area contributed by atoms with Gasteiger partial charge in [0.25, 0.3) is 0 Å². The minimum Gasteiger partial charge on any atom is -0.461 e. The smallest absolute Gasteiger partial charge is 0.407 e. The van der Waals surface area contributed by atoms with Gasteiger partial charge in [0.2, 0.25) is 0 Å². The highest BCUT2D eigenvalue weighted by Crippen LogP contribution is 1.97. The highest BCUT2D eigenvalue weighted by atomic mass is 32.3. The summed E-state index contributed by atoms with van der Waals surface area (Å²) < 4.78 is 37.0. The lowest BCUT2D eigenvalue weighted by atomic mass is 10.4. The van der Waals surface area contributed by atoms with Gasteiger partial charge in [-0.25, -0.2) is 9.59 Å². The molecule has 0 spiro atoms. The van der Waals surface area contributed by atoms with Crippen molar-refractivity contribution in [2.45, 2.75) is 6.10 Å². The Labute approximate surface area is 127 Å². The number of carbonyl (C=O) groups is 2. The van der Waals surface area contributed by atoms with Crippen LogP contribution in [0.25, 0.3) is 0 Å². The van der Waals surface area contributed by atoms with Gasteiger partial charge in [0.05, 0.1) is 13.2 Å². The van der Waals surface area contributed by atoms with Gasteiger partial charge in [-0.1, -0.05) is 19.4 Å². The van der Waals surface area contributed by atoms with E-state index in [0.29, 0.717) is 0 Å². The SMILES string of the molecule is C=CC(=O)OCCNC(=O)OC(CO)COS(=O)(=O)NS. The van der Waals surface area contributed by atoms with Crippen molar-refractivity contribution in [3.05, 3.63) is 12.7 Å². The Morgan fingerprint density at radius 1 is 1.43 bits per heavy atom. The van der Waals surface area contributed by atoms with Crippen LogP contribution in [0.2, 0.25) is 0 Å². The average Bonchev–Trinajstić information content (AvgIpc) is 2.47. The molecule has 122 valence electrons. The second-order valence-electron chi connectivity index (χ2n) is 3.34. The van der Waals surface area contributed by atoms with Crippen molar-refractivity contribution in [1.29, 1.82) is 0 Å². The summed E-state index contributed by atoms with van der Waals surface area (Å²) in [5, 5.41) is 11.1. The second-order valence-corrected chi connectivity index (χ2v) is 5.21. The number of aliphatic hydroxyl groups is 1. The number of carbonyl (C=O) groups excluding carboxylic acids is 2. The quantitative estimate of drug-likeness (QED) is 0.162. The zero-order valence-corrected chi connectivity index (χ0v) is 12.6. The number of aliphatic hydroxyl groups excluding tert-OH is 1. The molecular weight excluding hydrogens is 328 g/mol. The van der Waals surface area contributed by atoms with Crippen molar-refractivity contribution in [1.82, 2.24) is 9.44 Å². The van der Waals surface area contributed by atoms with Crippen LogP contribution in [0, 0.1) is 0 Å². The number of hydrogen-bond acceptors (Lipinski definition) is 9. The first kappa shape index (κ1) is 19.7. The molecule has 0 aromatic rings. The Balaban J connectivity index is 3.99. The second kappa shape index (κ2) is 10.4. The van der Waals surface area contributed by atoms with E-state index in [4.69, 9.17) is 5.11 Å². The van der Waals surface area contributed by atoms with Gasteiger partial charge >= 0.3 is 22.4 Å². The van der Waals surface area contributed by atoms with Crippen LogP contribution in [-0.2, 0) is 28.8 Å². The highest BCUT2D eigenvalue weighted by Gasteiger charge is 2.17. The molecule has 10 nitrogen and oxygen atoms in total. The van der Waals surface area contributed by atoms with E-state index in [2.05, 4.69) is 38.4 Å². The molecule has 0 fully saturated rings. The van der Waals surface area contributed by atoms with Crippen LogP contribution in [0.5, 0.6) is 0 Å². The Kier molecular flexibility index (Phi) is 9.73. The van der Waals surface area contributed by atoms with Crippen molar-refractivity contribution in [3.8, 4) is 0 Å². The third-order valence-corrected chi connectivity index (χ3v) is 3.12. The number of amides is 1. The summed E-state index contributed by atoms with van der Waals surface area (Å²) >= 11 is 3.29. The van der Waals surface area contributed by atoms with Crippen LogP contribution in [0.4, 0.5) is 4.79 Å². The topological polar surface area (TPSA) is 140 Å². The molecule has 0 aromatic carbocycles. The fourth-order valence-electron chi connectivity index (χ4n) is 0.872. The molecular formula is C9H16N2O8S2. The molecule has 1 atom stereocenters. The zero-order valence-electron chi connectivity index (χ0n) is 10.9. The van der Waals surface area contributed by atoms with Gasteiger partial charge in [0, 0.05) is 6.08 Å². The summed E-state index contributed by atoms with van der Waals surface area (Å²) in [5.41, 5.74) is 0. The number of nitrogens with one attached hydrogen (secondary N) is 2. The lowest BCUT2D eigenvalue weighted by molar-refractivity contribution is -0.137. The molecule has 0 saturated heterocycles. The molecule has 12 heteroatoms. The molecule has 1 unspecified atom stereocenters. The van der Waals surface area contributed by atoms with E-state index in [9.17, 15) is 18.0 Å². The third kappa shape index (κ3) is 10.1. The Bertz CT molecular complexity index is 453. The summed E-state index contributed by atoms with van der Waals surface area (Å²) in [7, 11) is -4.07. The monoisotopic (exact) mass is 344 g/mol. The van der Waals surface area contributed by atoms with Gasteiger partial charge in [0.1, 0.15) is 13.2 Å². The predicted molar refractivity (Wildman–Crippen MR) is 73.5 cm³/mol. The number of thiol groups is 1. The van der Waals surface area contributed by atoms with Crippen LogP contribution in [0.15, 0.2) is 12.7 Å². The molecule has 1 amide bonds. The zero-order chi connectivity index (χ0) is 16.3. The number of hydrogen-bond donors (Lipinski definition) is 4. The van der Waals surface area contributed by atoms with Crippen molar-refractivity contribution < 1.29 is 36.8 Å². The summed E-state index contributed by atoms with van der Waals surface area (Å²) in [6, 6.07) is 0. The van der Waals surface area contributed by atoms with Crippen molar-refractivity contribution >= 4 is 35.2 Å². The first-order valence-corrected chi connectivity index (χ1v) is 7.35. The van der Waals surface area contributed by atoms with Crippen molar-refractivity contribution in [2.75, 3.05) is 26.4 Å². The van der Waals surface area contributed by atoms with Gasteiger partial charge in [-0.2, -0.15) is 8.42 Å². The van der Waals surface area contributed by atoms with Gasteiger partial charge in [0.15, 0.2) is 6.10 Å². The standard InChI is InChI=1S/C9H16N2O8S2/c1-2-8(13)17-4-3-10-9(14)19-7(5-12)6-18-21(15,16)11-20/h2,7,11-12,20H,1,3-6H2,(H,10,14). The molecule has 0 aliphatic heterocycles. The highest BCUT2D eigenvalue weighted by molar-refractivity contribution is 7.97. The minimum atomic E-state index is -4.07. The first-order valence-electron chi connectivity index (χ1n) is 5.49. The molecule has 21 heavy (non-hydrogen) atoms. The largest absolute Gasteiger partial charge is 0.461 e. The van der Waals surface area contributed by atoms with Crippen LogP contribution >= 0.6 is 12.8 Å². The summed E-state index contributed by atoms with van der Waals surface area (Å²) in [5.74, 6) is -0.642.